The van der Waals surface area contributed by atoms with Crippen LogP contribution in [0.5, 0.6) is 0 Å². The van der Waals surface area contributed by atoms with Crippen LogP contribution in [0.4, 0.5) is 0 Å². The number of carboxylic acids is 1. The molecule has 2 atom stereocenters. The van der Waals surface area contributed by atoms with Crippen molar-refractivity contribution in [3.05, 3.63) is 28.0 Å². The molecule has 1 aromatic rings. The SMILES string of the molecule is CC1CCN(C(=O)c2sccc2C=CC(=O)O)C(C)C1. The van der Waals surface area contributed by atoms with Gasteiger partial charge in [-0.3, -0.25) is 4.79 Å². The molecule has 0 saturated carbocycles. The van der Waals surface area contributed by atoms with E-state index in [9.17, 15) is 9.59 Å². The van der Waals surface area contributed by atoms with Crippen LogP contribution in [0.15, 0.2) is 17.5 Å². The van der Waals surface area contributed by atoms with Crippen LogP contribution in [0.3, 0.4) is 0 Å². The zero-order valence-electron chi connectivity index (χ0n) is 11.7. The molecule has 0 aliphatic carbocycles. The smallest absolute Gasteiger partial charge is 0.328 e. The van der Waals surface area contributed by atoms with E-state index >= 15 is 0 Å². The van der Waals surface area contributed by atoms with Gasteiger partial charge in [0.05, 0.1) is 4.88 Å². The van der Waals surface area contributed by atoms with E-state index in [0.717, 1.165) is 25.5 Å². The highest BCUT2D eigenvalue weighted by Gasteiger charge is 2.28. The number of carbonyl (C=O) groups is 2. The lowest BCUT2D eigenvalue weighted by Crippen LogP contribution is -2.44. The standard InChI is InChI=1S/C15H19NO3S/c1-10-5-7-16(11(2)9-10)15(19)14-12(6-8-20-14)3-4-13(17)18/h3-4,6,8,10-11H,5,7,9H2,1-2H3,(H,17,18). The molecule has 1 aliphatic heterocycles. The molecule has 108 valence electrons. The summed E-state index contributed by atoms with van der Waals surface area (Å²) in [5.41, 5.74) is 0.688. The molecule has 2 rings (SSSR count). The number of hydrogen-bond acceptors (Lipinski definition) is 3. The van der Waals surface area contributed by atoms with E-state index in [2.05, 4.69) is 13.8 Å². The molecule has 1 fully saturated rings. The first-order chi connectivity index (χ1) is 9.49. The summed E-state index contributed by atoms with van der Waals surface area (Å²) in [5, 5.41) is 10.5. The van der Waals surface area contributed by atoms with Crippen LogP contribution in [-0.4, -0.2) is 34.5 Å². The van der Waals surface area contributed by atoms with Crippen molar-refractivity contribution in [3.8, 4) is 0 Å². The molecule has 0 bridgehead atoms. The minimum Gasteiger partial charge on any atom is -0.478 e. The number of hydrogen-bond donors (Lipinski definition) is 1. The average molecular weight is 293 g/mol. The Bertz CT molecular complexity index is 535. The molecule has 0 radical (unpaired) electrons. The Kier molecular flexibility index (Phi) is 4.60. The quantitative estimate of drug-likeness (QED) is 0.871. The molecule has 2 heterocycles. The van der Waals surface area contributed by atoms with Gasteiger partial charge in [-0.15, -0.1) is 11.3 Å². The lowest BCUT2D eigenvalue weighted by atomic mass is 9.93. The molecule has 1 aliphatic rings. The molecule has 2 unspecified atom stereocenters. The Morgan fingerprint density at radius 2 is 2.20 bits per heavy atom. The van der Waals surface area contributed by atoms with E-state index in [4.69, 9.17) is 5.11 Å². The van der Waals surface area contributed by atoms with Gasteiger partial charge in [0.25, 0.3) is 5.91 Å². The Morgan fingerprint density at radius 3 is 2.85 bits per heavy atom. The lowest BCUT2D eigenvalue weighted by Gasteiger charge is -2.36. The molecule has 1 aromatic heterocycles. The largest absolute Gasteiger partial charge is 0.478 e. The third-order valence-electron chi connectivity index (χ3n) is 3.69. The highest BCUT2D eigenvalue weighted by Crippen LogP contribution is 2.27. The highest BCUT2D eigenvalue weighted by molar-refractivity contribution is 7.12. The fourth-order valence-corrected chi connectivity index (χ4v) is 3.47. The van der Waals surface area contributed by atoms with Gasteiger partial charge in [-0.05, 0) is 48.8 Å². The van der Waals surface area contributed by atoms with E-state index in [-0.39, 0.29) is 11.9 Å². The Balaban J connectivity index is 2.17. The van der Waals surface area contributed by atoms with Gasteiger partial charge in [0.1, 0.15) is 0 Å². The third kappa shape index (κ3) is 3.28. The number of carbonyl (C=O) groups excluding carboxylic acids is 1. The molecule has 1 saturated heterocycles. The monoisotopic (exact) mass is 293 g/mol. The Morgan fingerprint density at radius 1 is 1.45 bits per heavy atom. The van der Waals surface area contributed by atoms with Crippen molar-refractivity contribution >= 4 is 29.3 Å². The van der Waals surface area contributed by atoms with Crippen LogP contribution >= 0.6 is 11.3 Å². The van der Waals surface area contributed by atoms with Crippen molar-refractivity contribution in [2.45, 2.75) is 32.7 Å². The van der Waals surface area contributed by atoms with Gasteiger partial charge in [-0.25, -0.2) is 4.79 Å². The molecule has 5 heteroatoms. The lowest BCUT2D eigenvalue weighted by molar-refractivity contribution is -0.131. The number of nitrogens with zero attached hydrogens (tertiary/aromatic N) is 1. The zero-order chi connectivity index (χ0) is 14.7. The maximum Gasteiger partial charge on any atom is 0.328 e. The molecule has 1 N–H and O–H groups in total. The molecule has 0 aromatic carbocycles. The number of amides is 1. The van der Waals surface area contributed by atoms with Gasteiger partial charge < -0.3 is 10.0 Å². The van der Waals surface area contributed by atoms with Crippen molar-refractivity contribution < 1.29 is 14.7 Å². The summed E-state index contributed by atoms with van der Waals surface area (Å²) in [7, 11) is 0. The summed E-state index contributed by atoms with van der Waals surface area (Å²) >= 11 is 1.37. The summed E-state index contributed by atoms with van der Waals surface area (Å²) < 4.78 is 0. The average Bonchev–Trinajstić information content (AvgIpc) is 2.83. The van der Waals surface area contributed by atoms with Crippen molar-refractivity contribution in [3.63, 3.8) is 0 Å². The second-order valence-corrected chi connectivity index (χ2v) is 6.27. The summed E-state index contributed by atoms with van der Waals surface area (Å²) in [6, 6.07) is 2.03. The number of likely N-dealkylation sites (tertiary alicyclic amines) is 1. The van der Waals surface area contributed by atoms with Gasteiger partial charge in [0.15, 0.2) is 0 Å². The van der Waals surface area contributed by atoms with E-state index < -0.39 is 5.97 Å². The van der Waals surface area contributed by atoms with Crippen molar-refractivity contribution in [1.82, 2.24) is 4.90 Å². The first-order valence-electron chi connectivity index (χ1n) is 6.78. The number of carboxylic acid groups (broad SMARTS) is 1. The van der Waals surface area contributed by atoms with Gasteiger partial charge in [-0.1, -0.05) is 6.92 Å². The molecule has 0 spiro atoms. The van der Waals surface area contributed by atoms with E-state index in [0.29, 0.717) is 16.4 Å². The van der Waals surface area contributed by atoms with Gasteiger partial charge >= 0.3 is 5.97 Å². The topological polar surface area (TPSA) is 57.6 Å². The van der Waals surface area contributed by atoms with E-state index in [1.165, 1.54) is 17.4 Å². The third-order valence-corrected chi connectivity index (χ3v) is 4.61. The molecule has 20 heavy (non-hydrogen) atoms. The molecule has 4 nitrogen and oxygen atoms in total. The van der Waals surface area contributed by atoms with Crippen molar-refractivity contribution in [2.24, 2.45) is 5.92 Å². The second kappa shape index (κ2) is 6.22. The second-order valence-electron chi connectivity index (χ2n) is 5.35. The fraction of sp³-hybridized carbons (Fsp3) is 0.467. The van der Waals surface area contributed by atoms with Crippen LogP contribution in [0.2, 0.25) is 0 Å². The summed E-state index contributed by atoms with van der Waals surface area (Å²) in [5.74, 6) is -0.331. The van der Waals surface area contributed by atoms with Crippen LogP contribution in [0.25, 0.3) is 6.08 Å². The van der Waals surface area contributed by atoms with Gasteiger partial charge in [0, 0.05) is 18.7 Å². The molecule has 1 amide bonds. The van der Waals surface area contributed by atoms with Gasteiger partial charge in [-0.2, -0.15) is 0 Å². The Labute approximate surface area is 122 Å². The normalized spacial score (nSPS) is 23.2. The summed E-state index contributed by atoms with van der Waals surface area (Å²) in [4.78, 5) is 25.7. The zero-order valence-corrected chi connectivity index (χ0v) is 12.5. The number of thiophene rings is 1. The molecular formula is C15H19NO3S. The summed E-state index contributed by atoms with van der Waals surface area (Å²) in [6.45, 7) is 5.07. The van der Waals surface area contributed by atoms with Crippen LogP contribution in [0.1, 0.15) is 41.9 Å². The minimum absolute atomic E-state index is 0.0180. The van der Waals surface area contributed by atoms with Crippen molar-refractivity contribution in [2.75, 3.05) is 6.54 Å². The minimum atomic E-state index is -1.00. The van der Waals surface area contributed by atoms with Crippen LogP contribution in [0, 0.1) is 5.92 Å². The maximum absolute atomic E-state index is 12.6. The number of aliphatic carboxylic acids is 1. The van der Waals surface area contributed by atoms with Crippen LogP contribution in [-0.2, 0) is 4.79 Å². The van der Waals surface area contributed by atoms with Gasteiger partial charge in [0.2, 0.25) is 0 Å². The number of rotatable bonds is 3. The predicted molar refractivity (Wildman–Crippen MR) is 79.9 cm³/mol. The highest BCUT2D eigenvalue weighted by atomic mass is 32.1. The molecular weight excluding hydrogens is 274 g/mol. The first kappa shape index (κ1) is 14.8. The Hall–Kier alpha value is -1.62. The fourth-order valence-electron chi connectivity index (χ4n) is 2.62. The maximum atomic E-state index is 12.6. The van der Waals surface area contributed by atoms with E-state index in [1.54, 1.807) is 6.07 Å². The first-order valence-corrected chi connectivity index (χ1v) is 7.66. The van der Waals surface area contributed by atoms with Crippen molar-refractivity contribution in [1.29, 1.82) is 0 Å². The van der Waals surface area contributed by atoms with Crippen LogP contribution < -0.4 is 0 Å². The summed E-state index contributed by atoms with van der Waals surface area (Å²) in [6.07, 6.45) is 4.61. The number of piperidine rings is 1. The van der Waals surface area contributed by atoms with E-state index in [1.807, 2.05) is 10.3 Å². The predicted octanol–water partition coefficient (Wildman–Crippen LogP) is 3.11.